The standard InChI is InChI=1S/C21H17FN4O5/c1-4-30-20-24-18-14(19(27)15-6-5-13(22)9-23-15)7-12(8-16(18)26(20)21(28)29)17-10(2)25-31-11(17)3/h5-9H,4H2,1-3H3,(H,28,29). The van der Waals surface area contributed by atoms with Gasteiger partial charge in [-0.1, -0.05) is 5.16 Å². The number of ketones is 1. The van der Waals surface area contributed by atoms with E-state index in [1.165, 1.54) is 6.07 Å². The number of aromatic nitrogens is 4. The van der Waals surface area contributed by atoms with Crippen LogP contribution in [0.4, 0.5) is 9.18 Å². The first-order valence-electron chi connectivity index (χ1n) is 9.33. The van der Waals surface area contributed by atoms with Crippen molar-refractivity contribution in [3.05, 3.63) is 59.0 Å². The summed E-state index contributed by atoms with van der Waals surface area (Å²) in [5.41, 5.74) is 2.06. The number of rotatable bonds is 5. The van der Waals surface area contributed by atoms with Gasteiger partial charge in [0.15, 0.2) is 0 Å². The van der Waals surface area contributed by atoms with Gasteiger partial charge in [0.1, 0.15) is 22.8 Å². The highest BCUT2D eigenvalue weighted by Gasteiger charge is 2.26. The van der Waals surface area contributed by atoms with E-state index >= 15 is 0 Å². The van der Waals surface area contributed by atoms with Gasteiger partial charge in [0.25, 0.3) is 0 Å². The molecular formula is C21H17FN4O5. The highest BCUT2D eigenvalue weighted by Crippen LogP contribution is 2.34. The van der Waals surface area contributed by atoms with Crippen molar-refractivity contribution in [2.24, 2.45) is 0 Å². The van der Waals surface area contributed by atoms with E-state index in [4.69, 9.17) is 9.26 Å². The summed E-state index contributed by atoms with van der Waals surface area (Å²) < 4.78 is 24.8. The van der Waals surface area contributed by atoms with E-state index in [1.54, 1.807) is 32.9 Å². The van der Waals surface area contributed by atoms with Crippen molar-refractivity contribution in [3.63, 3.8) is 0 Å². The van der Waals surface area contributed by atoms with E-state index in [1.807, 2.05) is 0 Å². The lowest BCUT2D eigenvalue weighted by molar-refractivity contribution is 0.103. The zero-order valence-electron chi connectivity index (χ0n) is 16.8. The summed E-state index contributed by atoms with van der Waals surface area (Å²) in [6.07, 6.45) is -0.385. The Labute approximate surface area is 175 Å². The highest BCUT2D eigenvalue weighted by atomic mass is 19.1. The summed E-state index contributed by atoms with van der Waals surface area (Å²) in [6.45, 7) is 5.31. The van der Waals surface area contributed by atoms with Crippen LogP contribution in [0.25, 0.3) is 22.2 Å². The van der Waals surface area contributed by atoms with Crippen LogP contribution in [0.1, 0.15) is 34.4 Å². The summed E-state index contributed by atoms with van der Waals surface area (Å²) in [5, 5.41) is 13.7. The Morgan fingerprint density at radius 1 is 1.26 bits per heavy atom. The van der Waals surface area contributed by atoms with Gasteiger partial charge in [-0.25, -0.2) is 14.2 Å². The number of carbonyl (C=O) groups excluding carboxylic acids is 1. The number of halogens is 1. The molecule has 0 unspecified atom stereocenters. The number of carboxylic acid groups (broad SMARTS) is 1. The van der Waals surface area contributed by atoms with Gasteiger partial charge in [0.2, 0.25) is 5.78 Å². The maximum atomic E-state index is 13.3. The minimum atomic E-state index is -1.32. The predicted molar refractivity (Wildman–Crippen MR) is 107 cm³/mol. The summed E-state index contributed by atoms with van der Waals surface area (Å²) >= 11 is 0. The number of nitrogens with zero attached hydrogens (tertiary/aromatic N) is 4. The average Bonchev–Trinajstić information content (AvgIpc) is 3.26. The molecule has 158 valence electrons. The number of ether oxygens (including phenoxy) is 1. The van der Waals surface area contributed by atoms with Gasteiger partial charge in [-0.15, -0.1) is 0 Å². The minimum Gasteiger partial charge on any atom is -0.465 e. The van der Waals surface area contributed by atoms with Crippen LogP contribution in [0, 0.1) is 19.7 Å². The fraction of sp³-hybridized carbons (Fsp3) is 0.190. The van der Waals surface area contributed by atoms with E-state index in [-0.39, 0.29) is 34.9 Å². The molecule has 1 N–H and O–H groups in total. The molecule has 9 nitrogen and oxygen atoms in total. The molecule has 4 rings (SSSR count). The molecule has 0 amide bonds. The van der Waals surface area contributed by atoms with Crippen LogP contribution in [-0.2, 0) is 0 Å². The number of hydrogen-bond acceptors (Lipinski definition) is 7. The third kappa shape index (κ3) is 3.41. The van der Waals surface area contributed by atoms with Gasteiger partial charge in [0.05, 0.1) is 29.6 Å². The lowest BCUT2D eigenvalue weighted by atomic mass is 9.97. The quantitative estimate of drug-likeness (QED) is 0.477. The van der Waals surface area contributed by atoms with E-state index in [9.17, 15) is 19.1 Å². The smallest absolute Gasteiger partial charge is 0.420 e. The van der Waals surface area contributed by atoms with Crippen LogP contribution in [0.15, 0.2) is 35.0 Å². The van der Waals surface area contributed by atoms with Crippen molar-refractivity contribution >= 4 is 22.9 Å². The third-order valence-electron chi connectivity index (χ3n) is 4.72. The Bertz CT molecular complexity index is 1300. The molecule has 0 bridgehead atoms. The topological polar surface area (TPSA) is 120 Å². The molecule has 10 heteroatoms. The Kier molecular flexibility index (Phi) is 4.97. The number of benzene rings is 1. The monoisotopic (exact) mass is 424 g/mol. The van der Waals surface area contributed by atoms with Crippen LogP contribution < -0.4 is 4.74 Å². The van der Waals surface area contributed by atoms with Gasteiger partial charge in [-0.3, -0.25) is 4.79 Å². The first-order valence-corrected chi connectivity index (χ1v) is 9.33. The maximum Gasteiger partial charge on any atom is 0.420 e. The van der Waals surface area contributed by atoms with Crippen molar-refractivity contribution in [2.45, 2.75) is 20.8 Å². The molecule has 1 aromatic carbocycles. The minimum absolute atomic E-state index is 0.0125. The Hall–Kier alpha value is -4.08. The molecule has 4 aromatic rings. The number of carbonyl (C=O) groups is 2. The number of imidazole rings is 1. The number of aryl methyl sites for hydroxylation is 2. The largest absolute Gasteiger partial charge is 0.465 e. The van der Waals surface area contributed by atoms with Crippen LogP contribution in [0.5, 0.6) is 6.01 Å². The molecule has 0 fully saturated rings. The van der Waals surface area contributed by atoms with E-state index in [0.29, 0.717) is 22.6 Å². The summed E-state index contributed by atoms with van der Waals surface area (Å²) in [5.74, 6) is -0.627. The lowest BCUT2D eigenvalue weighted by Crippen LogP contribution is -2.11. The summed E-state index contributed by atoms with van der Waals surface area (Å²) in [6, 6.07) is 5.36. The van der Waals surface area contributed by atoms with Crippen LogP contribution in [-0.4, -0.2) is 43.3 Å². The number of hydrogen-bond donors (Lipinski definition) is 1. The molecule has 0 atom stereocenters. The molecule has 31 heavy (non-hydrogen) atoms. The zero-order chi connectivity index (χ0) is 22.3. The van der Waals surface area contributed by atoms with Crippen molar-refractivity contribution in [2.75, 3.05) is 6.61 Å². The maximum absolute atomic E-state index is 13.3. The van der Waals surface area contributed by atoms with Crippen LogP contribution in [0.2, 0.25) is 0 Å². The second-order valence-corrected chi connectivity index (χ2v) is 6.73. The molecule has 0 radical (unpaired) electrons. The Morgan fingerprint density at radius 2 is 2.03 bits per heavy atom. The predicted octanol–water partition coefficient (Wildman–Crippen LogP) is 4.00. The van der Waals surface area contributed by atoms with Gasteiger partial charge in [-0.2, -0.15) is 9.55 Å². The SMILES string of the molecule is CCOc1nc2c(C(=O)c3ccc(F)cn3)cc(-c3c(C)noc3C)cc2n1C(=O)O. The molecule has 3 aromatic heterocycles. The Balaban J connectivity index is 2.05. The molecule has 0 spiro atoms. The number of fused-ring (bicyclic) bond motifs is 1. The zero-order valence-corrected chi connectivity index (χ0v) is 16.8. The third-order valence-corrected chi connectivity index (χ3v) is 4.72. The normalized spacial score (nSPS) is 11.1. The van der Waals surface area contributed by atoms with Crippen molar-refractivity contribution in [3.8, 4) is 17.1 Å². The fourth-order valence-corrected chi connectivity index (χ4v) is 3.43. The molecular weight excluding hydrogens is 407 g/mol. The first-order chi connectivity index (χ1) is 14.8. The second-order valence-electron chi connectivity index (χ2n) is 6.73. The van der Waals surface area contributed by atoms with Gasteiger partial charge >= 0.3 is 12.1 Å². The lowest BCUT2D eigenvalue weighted by Gasteiger charge is -2.08. The first kappa shape index (κ1) is 20.2. The Morgan fingerprint density at radius 3 is 2.61 bits per heavy atom. The average molecular weight is 424 g/mol. The molecule has 0 aliphatic carbocycles. The number of pyridine rings is 1. The van der Waals surface area contributed by atoms with E-state index in [0.717, 1.165) is 16.8 Å². The molecule has 0 saturated carbocycles. The highest BCUT2D eigenvalue weighted by molar-refractivity contribution is 6.16. The second kappa shape index (κ2) is 7.63. The van der Waals surface area contributed by atoms with Crippen molar-refractivity contribution < 1.29 is 28.3 Å². The van der Waals surface area contributed by atoms with Gasteiger partial charge in [-0.05, 0) is 50.6 Å². The van der Waals surface area contributed by atoms with Gasteiger partial charge in [0, 0.05) is 5.56 Å². The molecule has 0 aliphatic heterocycles. The van der Waals surface area contributed by atoms with Crippen LogP contribution >= 0.6 is 0 Å². The van der Waals surface area contributed by atoms with Gasteiger partial charge < -0.3 is 14.4 Å². The fourth-order valence-electron chi connectivity index (χ4n) is 3.43. The van der Waals surface area contributed by atoms with Crippen molar-refractivity contribution in [1.29, 1.82) is 0 Å². The molecule has 3 heterocycles. The molecule has 0 aliphatic rings. The van der Waals surface area contributed by atoms with Crippen LogP contribution in [0.3, 0.4) is 0 Å². The summed E-state index contributed by atoms with van der Waals surface area (Å²) in [7, 11) is 0. The van der Waals surface area contributed by atoms with E-state index < -0.39 is 17.7 Å². The molecule has 0 saturated heterocycles. The van der Waals surface area contributed by atoms with E-state index in [2.05, 4.69) is 15.1 Å². The van der Waals surface area contributed by atoms with Crippen molar-refractivity contribution in [1.82, 2.24) is 19.7 Å². The summed E-state index contributed by atoms with van der Waals surface area (Å²) in [4.78, 5) is 33.3.